The van der Waals surface area contributed by atoms with Gasteiger partial charge in [-0.3, -0.25) is 10.1 Å². The summed E-state index contributed by atoms with van der Waals surface area (Å²) in [5.41, 5.74) is 2.04. The molecule has 0 radical (unpaired) electrons. The van der Waals surface area contributed by atoms with Gasteiger partial charge in [0.2, 0.25) is 6.79 Å². The predicted molar refractivity (Wildman–Crippen MR) is 87.4 cm³/mol. The largest absolute Gasteiger partial charge is 0.454 e. The molecule has 1 aliphatic rings. The maximum Gasteiger partial charge on any atom is 0.273 e. The van der Waals surface area contributed by atoms with Crippen LogP contribution in [-0.4, -0.2) is 22.7 Å². The summed E-state index contributed by atoms with van der Waals surface area (Å²) in [7, 11) is 0. The molecule has 0 fully saturated rings. The maximum absolute atomic E-state index is 12.1. The summed E-state index contributed by atoms with van der Waals surface area (Å²) in [6, 6.07) is 7.17. The summed E-state index contributed by atoms with van der Waals surface area (Å²) in [5.74, 6) is 1.13. The van der Waals surface area contributed by atoms with Gasteiger partial charge < -0.3 is 14.5 Å². The Kier molecular flexibility index (Phi) is 3.44. The average molecular weight is 348 g/mol. The number of halogens is 1. The third kappa shape index (κ3) is 2.76. The van der Waals surface area contributed by atoms with Crippen molar-refractivity contribution in [2.75, 3.05) is 12.1 Å². The first-order chi connectivity index (χ1) is 11.2. The van der Waals surface area contributed by atoms with Gasteiger partial charge >= 0.3 is 0 Å². The van der Waals surface area contributed by atoms with Crippen LogP contribution in [0.2, 0.25) is 5.02 Å². The minimum atomic E-state index is -0.288. The van der Waals surface area contributed by atoms with E-state index in [1.54, 1.807) is 12.3 Å². The molecule has 3 aromatic rings. The molecule has 3 heterocycles. The van der Waals surface area contributed by atoms with Crippen molar-refractivity contribution < 1.29 is 14.3 Å². The lowest BCUT2D eigenvalue weighted by molar-refractivity contribution is 0.102. The van der Waals surface area contributed by atoms with E-state index in [2.05, 4.69) is 15.3 Å². The van der Waals surface area contributed by atoms with E-state index in [0.29, 0.717) is 21.6 Å². The Morgan fingerprint density at radius 2 is 2.17 bits per heavy atom. The van der Waals surface area contributed by atoms with Gasteiger partial charge in [-0.05, 0) is 24.3 Å². The third-order valence-electron chi connectivity index (χ3n) is 3.29. The highest BCUT2D eigenvalue weighted by atomic mass is 35.5. The van der Waals surface area contributed by atoms with E-state index in [1.807, 2.05) is 23.6 Å². The van der Waals surface area contributed by atoms with E-state index in [4.69, 9.17) is 21.1 Å². The molecule has 23 heavy (non-hydrogen) atoms. The number of aromatic amines is 1. The SMILES string of the molecule is O=C(Nc1nc(-c2ccc3c(c2)OCO3)cs1)c1cc(Cl)c[nH]1. The van der Waals surface area contributed by atoms with Crippen LogP contribution in [-0.2, 0) is 0 Å². The minimum absolute atomic E-state index is 0.232. The van der Waals surface area contributed by atoms with Crippen LogP contribution in [0.5, 0.6) is 11.5 Å². The molecule has 0 atom stereocenters. The van der Waals surface area contributed by atoms with Gasteiger partial charge in [0.05, 0.1) is 10.7 Å². The van der Waals surface area contributed by atoms with Crippen LogP contribution in [0.25, 0.3) is 11.3 Å². The van der Waals surface area contributed by atoms with E-state index in [1.165, 1.54) is 11.3 Å². The van der Waals surface area contributed by atoms with Crippen molar-refractivity contribution in [2.45, 2.75) is 0 Å². The second-order valence-electron chi connectivity index (χ2n) is 4.79. The number of benzene rings is 1. The zero-order valence-corrected chi connectivity index (χ0v) is 13.2. The van der Waals surface area contributed by atoms with Crippen molar-refractivity contribution in [3.8, 4) is 22.8 Å². The average Bonchev–Trinajstić information content (AvgIpc) is 3.26. The van der Waals surface area contributed by atoms with Gasteiger partial charge in [-0.15, -0.1) is 11.3 Å². The highest BCUT2D eigenvalue weighted by molar-refractivity contribution is 7.14. The van der Waals surface area contributed by atoms with Gasteiger partial charge in [0.25, 0.3) is 5.91 Å². The zero-order valence-electron chi connectivity index (χ0n) is 11.6. The number of nitrogens with zero attached hydrogens (tertiary/aromatic N) is 1. The normalized spacial score (nSPS) is 12.4. The van der Waals surface area contributed by atoms with Crippen molar-refractivity contribution in [1.82, 2.24) is 9.97 Å². The number of nitrogens with one attached hydrogen (secondary N) is 2. The molecule has 0 aliphatic carbocycles. The molecule has 2 aromatic heterocycles. The molecule has 116 valence electrons. The van der Waals surface area contributed by atoms with Crippen molar-refractivity contribution in [2.24, 2.45) is 0 Å². The van der Waals surface area contributed by atoms with Crippen molar-refractivity contribution in [1.29, 1.82) is 0 Å². The molecule has 0 unspecified atom stereocenters. The fourth-order valence-electron chi connectivity index (χ4n) is 2.18. The maximum atomic E-state index is 12.1. The molecule has 2 N–H and O–H groups in total. The Morgan fingerprint density at radius 1 is 1.30 bits per heavy atom. The number of thiazole rings is 1. The molecule has 1 amide bonds. The molecule has 8 heteroatoms. The van der Waals surface area contributed by atoms with Crippen molar-refractivity contribution >= 4 is 34.0 Å². The number of ether oxygens (including phenoxy) is 2. The van der Waals surface area contributed by atoms with Crippen LogP contribution < -0.4 is 14.8 Å². The van der Waals surface area contributed by atoms with Gasteiger partial charge in [-0.1, -0.05) is 11.6 Å². The highest BCUT2D eigenvalue weighted by Crippen LogP contribution is 2.36. The quantitative estimate of drug-likeness (QED) is 0.756. The standard InChI is InChI=1S/C15H10ClN3O3S/c16-9-4-10(17-5-9)14(20)19-15-18-11(6-23-15)8-1-2-12-13(3-8)22-7-21-12/h1-6,17H,7H2,(H,18,19,20). The topological polar surface area (TPSA) is 76.2 Å². The minimum Gasteiger partial charge on any atom is -0.454 e. The summed E-state index contributed by atoms with van der Waals surface area (Å²) >= 11 is 7.14. The van der Waals surface area contributed by atoms with E-state index >= 15 is 0 Å². The Bertz CT molecular complexity index is 890. The fraction of sp³-hybridized carbons (Fsp3) is 0.0667. The van der Waals surface area contributed by atoms with E-state index < -0.39 is 0 Å². The predicted octanol–water partition coefficient (Wildman–Crippen LogP) is 3.77. The molecular weight excluding hydrogens is 338 g/mol. The summed E-state index contributed by atoms with van der Waals surface area (Å²) in [5, 5.41) is 5.60. The highest BCUT2D eigenvalue weighted by Gasteiger charge is 2.16. The Hall–Kier alpha value is -2.51. The molecule has 1 aliphatic heterocycles. The fourth-order valence-corrected chi connectivity index (χ4v) is 3.06. The Labute approximate surface area is 140 Å². The summed E-state index contributed by atoms with van der Waals surface area (Å²) in [6.45, 7) is 0.232. The number of carbonyl (C=O) groups is 1. The Morgan fingerprint density at radius 3 is 3.00 bits per heavy atom. The number of fused-ring (bicyclic) bond motifs is 1. The number of H-pyrrole nitrogens is 1. The van der Waals surface area contributed by atoms with Crippen LogP contribution in [0.15, 0.2) is 35.8 Å². The van der Waals surface area contributed by atoms with E-state index in [9.17, 15) is 4.79 Å². The van der Waals surface area contributed by atoms with Gasteiger partial charge in [0, 0.05) is 17.1 Å². The molecule has 0 bridgehead atoms. The number of amides is 1. The second kappa shape index (κ2) is 5.60. The first-order valence-corrected chi connectivity index (χ1v) is 7.95. The smallest absolute Gasteiger partial charge is 0.273 e. The molecule has 4 rings (SSSR count). The number of hydrogen-bond acceptors (Lipinski definition) is 5. The lowest BCUT2D eigenvalue weighted by atomic mass is 10.1. The lowest BCUT2D eigenvalue weighted by Crippen LogP contribution is -2.11. The van der Waals surface area contributed by atoms with Gasteiger partial charge in [0.1, 0.15) is 5.69 Å². The van der Waals surface area contributed by atoms with Crippen LogP contribution >= 0.6 is 22.9 Å². The number of aromatic nitrogens is 2. The first-order valence-electron chi connectivity index (χ1n) is 6.70. The molecule has 6 nitrogen and oxygen atoms in total. The van der Waals surface area contributed by atoms with Crippen LogP contribution in [0.1, 0.15) is 10.5 Å². The van der Waals surface area contributed by atoms with Gasteiger partial charge in [-0.2, -0.15) is 0 Å². The number of rotatable bonds is 3. The number of anilines is 1. The van der Waals surface area contributed by atoms with Crippen LogP contribution in [0, 0.1) is 0 Å². The van der Waals surface area contributed by atoms with Crippen molar-refractivity contribution in [3.63, 3.8) is 0 Å². The first kappa shape index (κ1) is 14.1. The number of carbonyl (C=O) groups excluding carboxylic acids is 1. The summed E-state index contributed by atoms with van der Waals surface area (Å²) < 4.78 is 10.6. The van der Waals surface area contributed by atoms with Crippen LogP contribution in [0.3, 0.4) is 0 Å². The summed E-state index contributed by atoms with van der Waals surface area (Å²) in [4.78, 5) is 19.3. The zero-order chi connectivity index (χ0) is 15.8. The van der Waals surface area contributed by atoms with E-state index in [0.717, 1.165) is 17.0 Å². The van der Waals surface area contributed by atoms with Gasteiger partial charge in [-0.25, -0.2) is 4.98 Å². The molecule has 0 saturated heterocycles. The second-order valence-corrected chi connectivity index (χ2v) is 6.09. The number of hydrogen-bond donors (Lipinski definition) is 2. The molecule has 0 spiro atoms. The van der Waals surface area contributed by atoms with E-state index in [-0.39, 0.29) is 12.7 Å². The Balaban J connectivity index is 1.54. The third-order valence-corrected chi connectivity index (χ3v) is 4.26. The molecule has 1 aromatic carbocycles. The molecule has 0 saturated carbocycles. The monoisotopic (exact) mass is 347 g/mol. The molecular formula is C15H10ClN3O3S. The lowest BCUT2D eigenvalue weighted by Gasteiger charge is -2.00. The van der Waals surface area contributed by atoms with Crippen LogP contribution in [0.4, 0.5) is 5.13 Å². The van der Waals surface area contributed by atoms with Crippen molar-refractivity contribution in [3.05, 3.63) is 46.6 Å². The summed E-state index contributed by atoms with van der Waals surface area (Å²) in [6.07, 6.45) is 1.55. The van der Waals surface area contributed by atoms with Gasteiger partial charge in [0.15, 0.2) is 16.6 Å².